The van der Waals surface area contributed by atoms with Gasteiger partial charge in [0.25, 0.3) is 5.91 Å². The first-order chi connectivity index (χ1) is 10.7. The van der Waals surface area contributed by atoms with Crippen LogP contribution in [0.25, 0.3) is 5.00 Å². The van der Waals surface area contributed by atoms with Crippen LogP contribution < -0.4 is 5.32 Å². The summed E-state index contributed by atoms with van der Waals surface area (Å²) in [6, 6.07) is 0. The van der Waals surface area contributed by atoms with Crippen molar-refractivity contribution in [1.82, 2.24) is 25.5 Å². The highest BCUT2D eigenvalue weighted by Crippen LogP contribution is 2.36. The minimum Gasteiger partial charge on any atom is -0.468 e. The van der Waals surface area contributed by atoms with Crippen LogP contribution in [0.1, 0.15) is 33.6 Å². The zero-order chi connectivity index (χ0) is 15.5. The number of carbonyl (C=O) groups is 2. The highest BCUT2D eigenvalue weighted by Gasteiger charge is 2.27. The molecule has 0 spiro atoms. The SMILES string of the molecule is COC(=O)CNC(=O)c1c(-n2cnnn2)sc2c1CCCC2. The lowest BCUT2D eigenvalue weighted by atomic mass is 9.95. The number of rotatable bonds is 4. The first-order valence-electron chi connectivity index (χ1n) is 6.93. The number of nitrogens with zero attached hydrogens (tertiary/aromatic N) is 4. The lowest BCUT2D eigenvalue weighted by molar-refractivity contribution is -0.139. The maximum Gasteiger partial charge on any atom is 0.325 e. The molecule has 0 aromatic carbocycles. The van der Waals surface area contributed by atoms with Crippen molar-refractivity contribution in [3.63, 3.8) is 0 Å². The molecule has 0 unspecified atom stereocenters. The smallest absolute Gasteiger partial charge is 0.325 e. The minimum absolute atomic E-state index is 0.158. The molecular weight excluding hydrogens is 306 g/mol. The lowest BCUT2D eigenvalue weighted by Gasteiger charge is -2.12. The van der Waals surface area contributed by atoms with Crippen LogP contribution in [0.3, 0.4) is 0 Å². The Labute approximate surface area is 130 Å². The van der Waals surface area contributed by atoms with E-state index in [1.54, 1.807) is 0 Å². The monoisotopic (exact) mass is 321 g/mol. The van der Waals surface area contributed by atoms with E-state index in [9.17, 15) is 9.59 Å². The third kappa shape index (κ3) is 2.71. The Morgan fingerprint density at radius 2 is 2.23 bits per heavy atom. The third-order valence-electron chi connectivity index (χ3n) is 3.56. The van der Waals surface area contributed by atoms with Crippen LogP contribution in [0.4, 0.5) is 0 Å². The topological polar surface area (TPSA) is 99.0 Å². The fourth-order valence-corrected chi connectivity index (χ4v) is 3.82. The van der Waals surface area contributed by atoms with E-state index in [1.165, 1.54) is 34.3 Å². The van der Waals surface area contributed by atoms with E-state index >= 15 is 0 Å². The number of esters is 1. The Bertz CT molecular complexity index is 695. The molecule has 0 fully saturated rings. The van der Waals surface area contributed by atoms with E-state index in [1.807, 2.05) is 0 Å². The molecule has 1 amide bonds. The molecule has 2 aromatic rings. The molecule has 1 aliphatic carbocycles. The molecule has 9 heteroatoms. The van der Waals surface area contributed by atoms with Gasteiger partial charge in [0, 0.05) is 4.88 Å². The van der Waals surface area contributed by atoms with Gasteiger partial charge in [-0.25, -0.2) is 0 Å². The van der Waals surface area contributed by atoms with Crippen LogP contribution in [0, 0.1) is 0 Å². The summed E-state index contributed by atoms with van der Waals surface area (Å²) in [4.78, 5) is 24.9. The molecular formula is C13H15N5O3S. The maximum absolute atomic E-state index is 12.5. The number of tetrazole rings is 1. The Balaban J connectivity index is 1.95. The third-order valence-corrected chi connectivity index (χ3v) is 4.84. The van der Waals surface area contributed by atoms with E-state index in [0.717, 1.165) is 31.2 Å². The number of thiophene rings is 1. The summed E-state index contributed by atoms with van der Waals surface area (Å²) >= 11 is 1.53. The lowest BCUT2D eigenvalue weighted by Crippen LogP contribution is -2.31. The number of ether oxygens (including phenoxy) is 1. The van der Waals surface area contributed by atoms with Crippen molar-refractivity contribution in [2.75, 3.05) is 13.7 Å². The first-order valence-corrected chi connectivity index (χ1v) is 7.75. The van der Waals surface area contributed by atoms with Gasteiger partial charge in [0.2, 0.25) is 0 Å². The van der Waals surface area contributed by atoms with Crippen LogP contribution >= 0.6 is 11.3 Å². The number of aryl methyl sites for hydroxylation is 1. The highest BCUT2D eigenvalue weighted by molar-refractivity contribution is 7.15. The van der Waals surface area contributed by atoms with Gasteiger partial charge in [0.1, 0.15) is 17.9 Å². The van der Waals surface area contributed by atoms with Crippen molar-refractivity contribution in [2.24, 2.45) is 0 Å². The second-order valence-corrected chi connectivity index (χ2v) is 5.99. The number of fused-ring (bicyclic) bond motifs is 1. The summed E-state index contributed by atoms with van der Waals surface area (Å²) in [5, 5.41) is 14.4. The molecule has 0 radical (unpaired) electrons. The zero-order valence-corrected chi connectivity index (χ0v) is 12.9. The summed E-state index contributed by atoms with van der Waals surface area (Å²) in [6.07, 6.45) is 5.45. The number of nitrogens with one attached hydrogen (secondary N) is 1. The van der Waals surface area contributed by atoms with Crippen LogP contribution in [0.2, 0.25) is 0 Å². The number of amides is 1. The number of aromatic nitrogens is 4. The van der Waals surface area contributed by atoms with Crippen molar-refractivity contribution >= 4 is 23.2 Å². The van der Waals surface area contributed by atoms with Crippen molar-refractivity contribution < 1.29 is 14.3 Å². The molecule has 116 valence electrons. The van der Waals surface area contributed by atoms with E-state index in [0.29, 0.717) is 10.6 Å². The predicted octanol–water partition coefficient (Wildman–Crippen LogP) is 0.505. The van der Waals surface area contributed by atoms with E-state index in [-0.39, 0.29) is 12.5 Å². The van der Waals surface area contributed by atoms with Gasteiger partial charge in [-0.3, -0.25) is 9.59 Å². The molecule has 22 heavy (non-hydrogen) atoms. The van der Waals surface area contributed by atoms with Crippen LogP contribution in [0.5, 0.6) is 0 Å². The average Bonchev–Trinajstić information content (AvgIpc) is 3.18. The van der Waals surface area contributed by atoms with Gasteiger partial charge in [0.15, 0.2) is 0 Å². The van der Waals surface area contributed by atoms with Crippen LogP contribution in [-0.4, -0.2) is 45.7 Å². The van der Waals surface area contributed by atoms with Gasteiger partial charge in [-0.05, 0) is 41.7 Å². The number of hydrogen-bond donors (Lipinski definition) is 1. The largest absolute Gasteiger partial charge is 0.468 e. The van der Waals surface area contributed by atoms with Gasteiger partial charge in [-0.15, -0.1) is 16.4 Å². The normalized spacial score (nSPS) is 13.5. The first kappa shape index (κ1) is 14.6. The summed E-state index contributed by atoms with van der Waals surface area (Å²) in [5.41, 5.74) is 1.61. The average molecular weight is 321 g/mol. The summed E-state index contributed by atoms with van der Waals surface area (Å²) in [7, 11) is 1.29. The molecule has 8 nitrogen and oxygen atoms in total. The molecule has 3 rings (SSSR count). The second kappa shape index (κ2) is 6.22. The highest BCUT2D eigenvalue weighted by atomic mass is 32.1. The van der Waals surface area contributed by atoms with Gasteiger partial charge in [-0.2, -0.15) is 4.68 Å². The molecule has 1 N–H and O–H groups in total. The quantitative estimate of drug-likeness (QED) is 0.824. The van der Waals surface area contributed by atoms with E-state index < -0.39 is 5.97 Å². The Kier molecular flexibility index (Phi) is 4.14. The predicted molar refractivity (Wildman–Crippen MR) is 78.0 cm³/mol. The Morgan fingerprint density at radius 1 is 1.41 bits per heavy atom. The van der Waals surface area contributed by atoms with E-state index in [4.69, 9.17) is 0 Å². The van der Waals surface area contributed by atoms with Crippen molar-refractivity contribution in [3.8, 4) is 5.00 Å². The molecule has 0 bridgehead atoms. The summed E-state index contributed by atoms with van der Waals surface area (Å²) in [6.45, 7) is -0.158. The summed E-state index contributed by atoms with van der Waals surface area (Å²) < 4.78 is 6.04. The van der Waals surface area contributed by atoms with Crippen molar-refractivity contribution in [3.05, 3.63) is 22.3 Å². The zero-order valence-electron chi connectivity index (χ0n) is 12.0. The van der Waals surface area contributed by atoms with Gasteiger partial charge in [0.05, 0.1) is 12.7 Å². The van der Waals surface area contributed by atoms with Gasteiger partial charge >= 0.3 is 5.97 Å². The van der Waals surface area contributed by atoms with Crippen LogP contribution in [0.15, 0.2) is 6.33 Å². The fraction of sp³-hybridized carbons (Fsp3) is 0.462. The molecule has 2 heterocycles. The number of hydrogen-bond acceptors (Lipinski definition) is 7. The van der Waals surface area contributed by atoms with Crippen LogP contribution in [-0.2, 0) is 22.4 Å². The molecule has 2 aromatic heterocycles. The molecule has 0 atom stereocenters. The number of methoxy groups -OCH3 is 1. The molecule has 0 saturated heterocycles. The standard InChI is InChI=1S/C13H15N5O3S/c1-21-10(19)6-14-12(20)11-8-4-2-3-5-9(8)22-13(11)18-7-15-16-17-18/h7H,2-6H2,1H3,(H,14,20). The number of carbonyl (C=O) groups excluding carboxylic acids is 2. The minimum atomic E-state index is -0.485. The fourth-order valence-electron chi connectivity index (χ4n) is 2.51. The second-order valence-electron chi connectivity index (χ2n) is 4.90. The maximum atomic E-state index is 12.5. The molecule has 0 saturated carbocycles. The van der Waals surface area contributed by atoms with Crippen molar-refractivity contribution in [1.29, 1.82) is 0 Å². The van der Waals surface area contributed by atoms with E-state index in [2.05, 4.69) is 25.6 Å². The Hall–Kier alpha value is -2.29. The Morgan fingerprint density at radius 3 is 2.95 bits per heavy atom. The summed E-state index contributed by atoms with van der Waals surface area (Å²) in [5.74, 6) is -0.781. The van der Waals surface area contributed by atoms with Gasteiger partial charge in [-0.1, -0.05) is 0 Å². The molecule has 1 aliphatic rings. The van der Waals surface area contributed by atoms with Crippen molar-refractivity contribution in [2.45, 2.75) is 25.7 Å². The molecule has 0 aliphatic heterocycles. The van der Waals surface area contributed by atoms with Gasteiger partial charge < -0.3 is 10.1 Å².